The Bertz CT molecular complexity index is 812. The summed E-state index contributed by atoms with van der Waals surface area (Å²) in [5, 5.41) is 11.1. The van der Waals surface area contributed by atoms with E-state index in [4.69, 9.17) is 11.6 Å². The summed E-state index contributed by atoms with van der Waals surface area (Å²) in [5.41, 5.74) is 2.45. The van der Waals surface area contributed by atoms with Gasteiger partial charge in [0.1, 0.15) is 0 Å². The van der Waals surface area contributed by atoms with E-state index in [0.717, 1.165) is 49.2 Å². The number of hydrogen-bond donors (Lipinski definition) is 2. The Hall–Kier alpha value is -0.900. The molecule has 166 valence electrons. The number of thiazole rings is 1. The summed E-state index contributed by atoms with van der Waals surface area (Å²) in [7, 11) is 4.04. The summed E-state index contributed by atoms with van der Waals surface area (Å²) in [4.78, 5) is 11.5. The van der Waals surface area contributed by atoms with Crippen LogP contribution >= 0.6 is 46.9 Å². The molecular formula is C22H33ClIN5S. The zero-order valence-electron chi connectivity index (χ0n) is 18.0. The maximum Gasteiger partial charge on any atom is 0.190 e. The molecule has 1 aliphatic rings. The third kappa shape index (κ3) is 7.07. The number of rotatable bonds is 7. The maximum atomic E-state index is 6.26. The van der Waals surface area contributed by atoms with Gasteiger partial charge in [-0.05, 0) is 56.5 Å². The predicted octanol–water partition coefficient (Wildman–Crippen LogP) is 4.77. The number of guanidine groups is 1. The van der Waals surface area contributed by atoms with Gasteiger partial charge in [-0.2, -0.15) is 0 Å². The van der Waals surface area contributed by atoms with Gasteiger partial charge in [-0.1, -0.05) is 30.7 Å². The molecular weight excluding hydrogens is 529 g/mol. The minimum Gasteiger partial charge on any atom is -0.356 e. The Balaban J connectivity index is 0.00000320. The van der Waals surface area contributed by atoms with Gasteiger partial charge in [0.15, 0.2) is 5.96 Å². The lowest BCUT2D eigenvalue weighted by Crippen LogP contribution is -2.45. The minimum absolute atomic E-state index is 0. The number of piperidine rings is 1. The molecule has 1 aromatic heterocycles. The lowest BCUT2D eigenvalue weighted by Gasteiger charge is -2.40. The van der Waals surface area contributed by atoms with Crippen molar-refractivity contribution in [2.75, 3.05) is 33.7 Å². The monoisotopic (exact) mass is 561 g/mol. The van der Waals surface area contributed by atoms with Crippen LogP contribution in [0.3, 0.4) is 0 Å². The smallest absolute Gasteiger partial charge is 0.190 e. The van der Waals surface area contributed by atoms with Crippen LogP contribution in [0.2, 0.25) is 5.02 Å². The largest absolute Gasteiger partial charge is 0.356 e. The third-order valence-corrected chi connectivity index (χ3v) is 6.81. The number of aryl methyl sites for hydroxylation is 1. The van der Waals surface area contributed by atoms with E-state index in [1.165, 1.54) is 23.4 Å². The normalized spacial score (nSPS) is 19.9. The number of nitrogens with zero attached hydrogens (tertiary/aromatic N) is 3. The molecule has 2 heterocycles. The van der Waals surface area contributed by atoms with Crippen molar-refractivity contribution in [3.8, 4) is 0 Å². The third-order valence-electron chi connectivity index (χ3n) is 5.53. The maximum absolute atomic E-state index is 6.26. The van der Waals surface area contributed by atoms with Gasteiger partial charge < -0.3 is 10.6 Å². The number of halogens is 2. The van der Waals surface area contributed by atoms with Gasteiger partial charge in [0.2, 0.25) is 0 Å². The Morgan fingerprint density at radius 3 is 2.90 bits per heavy atom. The highest BCUT2D eigenvalue weighted by molar-refractivity contribution is 14.0. The van der Waals surface area contributed by atoms with Crippen molar-refractivity contribution in [3.63, 3.8) is 0 Å². The van der Waals surface area contributed by atoms with Crippen molar-refractivity contribution in [1.29, 1.82) is 0 Å². The van der Waals surface area contributed by atoms with Crippen LogP contribution in [0.25, 0.3) is 0 Å². The molecule has 0 radical (unpaired) electrons. The Morgan fingerprint density at radius 2 is 2.20 bits per heavy atom. The fourth-order valence-corrected chi connectivity index (χ4v) is 5.05. The van der Waals surface area contributed by atoms with Crippen LogP contribution in [0.1, 0.15) is 42.1 Å². The van der Waals surface area contributed by atoms with E-state index >= 15 is 0 Å². The number of likely N-dealkylation sites (tertiary alicyclic amines) is 1. The van der Waals surface area contributed by atoms with Crippen LogP contribution in [0.4, 0.5) is 0 Å². The molecule has 30 heavy (non-hydrogen) atoms. The highest BCUT2D eigenvalue weighted by Gasteiger charge is 2.30. The lowest BCUT2D eigenvalue weighted by molar-refractivity contribution is 0.122. The number of aromatic nitrogens is 1. The molecule has 0 saturated carbocycles. The van der Waals surface area contributed by atoms with Crippen LogP contribution in [0.15, 0.2) is 34.6 Å². The van der Waals surface area contributed by atoms with E-state index in [9.17, 15) is 0 Å². The summed E-state index contributed by atoms with van der Waals surface area (Å²) in [6.45, 7) is 4.98. The summed E-state index contributed by atoms with van der Waals surface area (Å²) in [6.07, 6.45) is 4.33. The van der Waals surface area contributed by atoms with E-state index < -0.39 is 0 Å². The molecule has 1 fully saturated rings. The van der Waals surface area contributed by atoms with E-state index in [0.29, 0.717) is 12.0 Å². The molecule has 2 atom stereocenters. The average molecular weight is 562 g/mol. The first-order valence-electron chi connectivity index (χ1n) is 10.4. The number of benzene rings is 1. The molecule has 5 nitrogen and oxygen atoms in total. The standard InChI is InChI=1S/C22H32ClN5S.HI/c1-4-20-27-19(15-29-20)10-11-25-22(24-2)26-14-17-8-6-12-28(3)21(17)16-7-5-9-18(23)13-16;/h5,7,9,13,15,17,21H,4,6,8,10-12,14H2,1-3H3,(H2,24,25,26);1H. The molecule has 3 rings (SSSR count). The SMILES string of the molecule is CCc1nc(CCNC(=NC)NCC2CCCN(C)C2c2cccc(Cl)c2)cs1.I. The molecule has 0 amide bonds. The van der Waals surface area contributed by atoms with Gasteiger partial charge in [-0.3, -0.25) is 9.89 Å². The Kier molecular flexibility index (Phi) is 10.8. The van der Waals surface area contributed by atoms with Gasteiger partial charge in [0.05, 0.1) is 10.7 Å². The van der Waals surface area contributed by atoms with Crippen molar-refractivity contribution in [2.24, 2.45) is 10.9 Å². The zero-order valence-corrected chi connectivity index (χ0v) is 21.9. The van der Waals surface area contributed by atoms with Crippen molar-refractivity contribution in [3.05, 3.63) is 50.9 Å². The first kappa shape index (κ1) is 25.4. The Morgan fingerprint density at radius 1 is 1.37 bits per heavy atom. The van der Waals surface area contributed by atoms with E-state index in [1.54, 1.807) is 11.3 Å². The first-order valence-corrected chi connectivity index (χ1v) is 11.7. The molecule has 1 aliphatic heterocycles. The fourth-order valence-electron chi connectivity index (χ4n) is 4.07. The number of aliphatic imine (C=N–C) groups is 1. The fraction of sp³-hybridized carbons (Fsp3) is 0.545. The summed E-state index contributed by atoms with van der Waals surface area (Å²) in [5.74, 6) is 1.37. The van der Waals surface area contributed by atoms with Gasteiger partial charge in [0, 0.05) is 43.0 Å². The summed E-state index contributed by atoms with van der Waals surface area (Å²) in [6, 6.07) is 8.66. The molecule has 2 unspecified atom stereocenters. The topological polar surface area (TPSA) is 52.6 Å². The van der Waals surface area contributed by atoms with Crippen molar-refractivity contribution >= 4 is 52.9 Å². The second kappa shape index (κ2) is 12.8. The van der Waals surface area contributed by atoms with Crippen molar-refractivity contribution < 1.29 is 0 Å². The molecule has 0 spiro atoms. The number of nitrogens with one attached hydrogen (secondary N) is 2. The van der Waals surface area contributed by atoms with E-state index in [2.05, 4.69) is 57.0 Å². The minimum atomic E-state index is 0. The molecule has 2 N–H and O–H groups in total. The van der Waals surface area contributed by atoms with Gasteiger partial charge in [-0.25, -0.2) is 4.98 Å². The lowest BCUT2D eigenvalue weighted by atomic mass is 9.85. The van der Waals surface area contributed by atoms with Crippen LogP contribution in [-0.4, -0.2) is 49.6 Å². The average Bonchev–Trinajstić information content (AvgIpc) is 3.18. The van der Waals surface area contributed by atoms with Crippen LogP contribution in [0.5, 0.6) is 0 Å². The molecule has 0 aliphatic carbocycles. The summed E-state index contributed by atoms with van der Waals surface area (Å²) >= 11 is 8.00. The van der Waals surface area contributed by atoms with Gasteiger partial charge in [-0.15, -0.1) is 35.3 Å². The molecule has 2 aromatic rings. The van der Waals surface area contributed by atoms with E-state index in [-0.39, 0.29) is 24.0 Å². The van der Waals surface area contributed by atoms with Crippen LogP contribution < -0.4 is 10.6 Å². The molecule has 1 aromatic carbocycles. The van der Waals surface area contributed by atoms with Crippen LogP contribution in [0, 0.1) is 5.92 Å². The number of hydrogen-bond acceptors (Lipinski definition) is 4. The highest BCUT2D eigenvalue weighted by atomic mass is 127. The first-order chi connectivity index (χ1) is 14.1. The summed E-state index contributed by atoms with van der Waals surface area (Å²) < 4.78 is 0. The van der Waals surface area contributed by atoms with Crippen LogP contribution in [-0.2, 0) is 12.8 Å². The van der Waals surface area contributed by atoms with E-state index in [1.807, 2.05) is 19.2 Å². The molecule has 0 bridgehead atoms. The predicted molar refractivity (Wildman–Crippen MR) is 140 cm³/mol. The Labute approximate surface area is 206 Å². The van der Waals surface area contributed by atoms with Crippen molar-refractivity contribution in [2.45, 2.75) is 38.6 Å². The second-order valence-electron chi connectivity index (χ2n) is 7.60. The van der Waals surface area contributed by atoms with Gasteiger partial charge >= 0.3 is 0 Å². The highest BCUT2D eigenvalue weighted by Crippen LogP contribution is 2.35. The molecule has 8 heteroatoms. The quantitative estimate of drug-likeness (QED) is 0.291. The molecule has 1 saturated heterocycles. The second-order valence-corrected chi connectivity index (χ2v) is 8.98. The van der Waals surface area contributed by atoms with Crippen molar-refractivity contribution in [1.82, 2.24) is 20.5 Å². The zero-order chi connectivity index (χ0) is 20.6. The van der Waals surface area contributed by atoms with Gasteiger partial charge in [0.25, 0.3) is 0 Å².